The quantitative estimate of drug-likeness (QED) is 0.761. The zero-order chi connectivity index (χ0) is 13.5. The summed E-state index contributed by atoms with van der Waals surface area (Å²) in [7, 11) is 1.75. The zero-order valence-corrected chi connectivity index (χ0v) is 12.6. The summed E-state index contributed by atoms with van der Waals surface area (Å²) in [5.74, 6) is 0.734. The first-order valence-electron chi connectivity index (χ1n) is 7.56. The van der Waals surface area contributed by atoms with Crippen LogP contribution in [0.15, 0.2) is 0 Å². The zero-order valence-electron chi connectivity index (χ0n) is 12.6. The minimum atomic E-state index is -0.154. The van der Waals surface area contributed by atoms with Gasteiger partial charge in [-0.15, -0.1) is 0 Å². The number of aliphatic hydroxyl groups excluding tert-OH is 1. The van der Waals surface area contributed by atoms with Crippen LogP contribution in [0.1, 0.15) is 52.9 Å². The largest absolute Gasteiger partial charge is 0.391 e. The van der Waals surface area contributed by atoms with Crippen LogP contribution >= 0.6 is 0 Å². The van der Waals surface area contributed by atoms with Gasteiger partial charge in [-0.25, -0.2) is 0 Å². The molecule has 0 bridgehead atoms. The van der Waals surface area contributed by atoms with Crippen molar-refractivity contribution < 1.29 is 9.84 Å². The van der Waals surface area contributed by atoms with Crippen molar-refractivity contribution in [3.05, 3.63) is 0 Å². The third-order valence-corrected chi connectivity index (χ3v) is 4.43. The average Bonchev–Trinajstić information content (AvgIpc) is 2.38. The number of hydrogen-bond donors (Lipinski definition) is 1. The molecule has 0 aliphatic heterocycles. The lowest BCUT2D eigenvalue weighted by Crippen LogP contribution is -2.52. The molecule has 1 aliphatic rings. The Kier molecular flexibility index (Phi) is 7.20. The van der Waals surface area contributed by atoms with E-state index in [1.54, 1.807) is 7.11 Å². The van der Waals surface area contributed by atoms with Crippen LogP contribution < -0.4 is 0 Å². The van der Waals surface area contributed by atoms with E-state index in [1.807, 2.05) is 0 Å². The second kappa shape index (κ2) is 8.13. The molecule has 0 spiro atoms. The van der Waals surface area contributed by atoms with E-state index in [9.17, 15) is 5.11 Å². The summed E-state index contributed by atoms with van der Waals surface area (Å²) in [6.45, 7) is 8.49. The maximum atomic E-state index is 10.3. The maximum Gasteiger partial charge on any atom is 0.0695 e. The smallest absolute Gasteiger partial charge is 0.0695 e. The Morgan fingerprint density at radius 1 is 1.28 bits per heavy atom. The summed E-state index contributed by atoms with van der Waals surface area (Å²) in [6.07, 6.45) is 5.39. The first kappa shape index (κ1) is 15.9. The molecule has 0 radical (unpaired) electrons. The molecule has 1 aliphatic carbocycles. The van der Waals surface area contributed by atoms with Gasteiger partial charge in [0.15, 0.2) is 0 Å². The van der Waals surface area contributed by atoms with Crippen molar-refractivity contribution in [3.8, 4) is 0 Å². The molecule has 3 unspecified atom stereocenters. The highest BCUT2D eigenvalue weighted by Crippen LogP contribution is 2.30. The summed E-state index contributed by atoms with van der Waals surface area (Å²) in [6, 6.07) is 0.902. The maximum absolute atomic E-state index is 10.3. The van der Waals surface area contributed by atoms with Crippen molar-refractivity contribution >= 4 is 0 Å². The molecule has 1 rings (SSSR count). The second-order valence-corrected chi connectivity index (χ2v) is 5.75. The fourth-order valence-electron chi connectivity index (χ4n) is 3.26. The van der Waals surface area contributed by atoms with E-state index in [0.717, 1.165) is 44.8 Å². The van der Waals surface area contributed by atoms with Gasteiger partial charge >= 0.3 is 0 Å². The molecule has 0 saturated heterocycles. The van der Waals surface area contributed by atoms with Gasteiger partial charge in [0.05, 0.1) is 12.7 Å². The molecule has 1 saturated carbocycles. The Morgan fingerprint density at radius 2 is 1.94 bits per heavy atom. The lowest BCUT2D eigenvalue weighted by Gasteiger charge is -2.43. The van der Waals surface area contributed by atoms with Crippen LogP contribution in [-0.4, -0.2) is 48.5 Å². The van der Waals surface area contributed by atoms with Crippen LogP contribution in [0.25, 0.3) is 0 Å². The Morgan fingerprint density at radius 3 is 2.50 bits per heavy atom. The fraction of sp³-hybridized carbons (Fsp3) is 1.00. The summed E-state index contributed by atoms with van der Waals surface area (Å²) in [5, 5.41) is 10.3. The van der Waals surface area contributed by atoms with Crippen LogP contribution in [0.4, 0.5) is 0 Å². The van der Waals surface area contributed by atoms with Gasteiger partial charge in [0, 0.05) is 25.7 Å². The number of ether oxygens (including phenoxy) is 1. The van der Waals surface area contributed by atoms with E-state index >= 15 is 0 Å². The summed E-state index contributed by atoms with van der Waals surface area (Å²) >= 11 is 0. The summed E-state index contributed by atoms with van der Waals surface area (Å²) in [5.41, 5.74) is 0. The first-order chi connectivity index (χ1) is 8.63. The van der Waals surface area contributed by atoms with Gasteiger partial charge in [-0.2, -0.15) is 0 Å². The predicted octanol–water partition coefficient (Wildman–Crippen LogP) is 2.67. The predicted molar refractivity (Wildman–Crippen MR) is 75.8 cm³/mol. The van der Waals surface area contributed by atoms with E-state index in [4.69, 9.17) is 4.74 Å². The molecular weight excluding hydrogens is 226 g/mol. The van der Waals surface area contributed by atoms with Crippen LogP contribution in [-0.2, 0) is 4.74 Å². The van der Waals surface area contributed by atoms with Crippen LogP contribution in [0.5, 0.6) is 0 Å². The number of rotatable bonds is 7. The highest BCUT2D eigenvalue weighted by Gasteiger charge is 2.34. The van der Waals surface area contributed by atoms with Gasteiger partial charge in [0.2, 0.25) is 0 Å². The fourth-order valence-corrected chi connectivity index (χ4v) is 3.26. The van der Waals surface area contributed by atoms with Crippen LogP contribution in [0, 0.1) is 5.92 Å². The number of hydrogen-bond acceptors (Lipinski definition) is 3. The molecule has 18 heavy (non-hydrogen) atoms. The van der Waals surface area contributed by atoms with Crippen molar-refractivity contribution in [2.75, 3.05) is 20.3 Å². The topological polar surface area (TPSA) is 32.7 Å². The Bertz CT molecular complexity index is 219. The molecule has 3 atom stereocenters. The van der Waals surface area contributed by atoms with Gasteiger partial charge in [-0.05, 0) is 38.0 Å². The molecule has 0 amide bonds. The van der Waals surface area contributed by atoms with Gasteiger partial charge in [-0.1, -0.05) is 20.8 Å². The molecule has 0 aromatic rings. The van der Waals surface area contributed by atoms with Crippen molar-refractivity contribution in [3.63, 3.8) is 0 Å². The van der Waals surface area contributed by atoms with E-state index in [2.05, 4.69) is 25.7 Å². The third kappa shape index (κ3) is 4.22. The van der Waals surface area contributed by atoms with Crippen molar-refractivity contribution in [2.45, 2.75) is 71.1 Å². The number of methoxy groups -OCH3 is 1. The van der Waals surface area contributed by atoms with Gasteiger partial charge in [0.1, 0.15) is 0 Å². The van der Waals surface area contributed by atoms with Gasteiger partial charge < -0.3 is 9.84 Å². The van der Waals surface area contributed by atoms with E-state index < -0.39 is 0 Å². The standard InChI is InChI=1S/C15H31NO2/c1-5-13(6-2)16(9-10-18-4)14-11-12(3)7-8-15(14)17/h12-15,17H,5-11H2,1-4H3. The highest BCUT2D eigenvalue weighted by molar-refractivity contribution is 4.88. The van der Waals surface area contributed by atoms with Gasteiger partial charge in [-0.3, -0.25) is 4.90 Å². The lowest BCUT2D eigenvalue weighted by molar-refractivity contribution is -0.0253. The van der Waals surface area contributed by atoms with E-state index in [1.165, 1.54) is 6.42 Å². The van der Waals surface area contributed by atoms with Crippen molar-refractivity contribution in [1.82, 2.24) is 4.90 Å². The molecule has 108 valence electrons. The Labute approximate surface area is 113 Å². The van der Waals surface area contributed by atoms with E-state index in [-0.39, 0.29) is 6.10 Å². The molecule has 0 aromatic carbocycles. The van der Waals surface area contributed by atoms with Crippen LogP contribution in [0.2, 0.25) is 0 Å². The molecular formula is C15H31NO2. The SMILES string of the molecule is CCC(CC)N(CCOC)C1CC(C)CCC1O. The second-order valence-electron chi connectivity index (χ2n) is 5.75. The first-order valence-corrected chi connectivity index (χ1v) is 7.56. The van der Waals surface area contributed by atoms with Crippen molar-refractivity contribution in [2.24, 2.45) is 5.92 Å². The minimum Gasteiger partial charge on any atom is -0.391 e. The average molecular weight is 257 g/mol. The third-order valence-electron chi connectivity index (χ3n) is 4.43. The molecule has 1 fully saturated rings. The van der Waals surface area contributed by atoms with Crippen LogP contribution in [0.3, 0.4) is 0 Å². The number of nitrogens with zero attached hydrogens (tertiary/aromatic N) is 1. The summed E-state index contributed by atoms with van der Waals surface area (Å²) < 4.78 is 5.24. The highest BCUT2D eigenvalue weighted by atomic mass is 16.5. The minimum absolute atomic E-state index is 0.154. The normalized spacial score (nSPS) is 29.2. The molecule has 3 heteroatoms. The molecule has 0 heterocycles. The monoisotopic (exact) mass is 257 g/mol. The molecule has 3 nitrogen and oxygen atoms in total. The van der Waals surface area contributed by atoms with E-state index in [0.29, 0.717) is 12.1 Å². The van der Waals surface area contributed by atoms with Gasteiger partial charge in [0.25, 0.3) is 0 Å². The lowest BCUT2D eigenvalue weighted by atomic mass is 9.83. The summed E-state index contributed by atoms with van der Waals surface area (Å²) in [4.78, 5) is 2.50. The number of aliphatic hydroxyl groups is 1. The Hall–Kier alpha value is -0.120. The molecule has 0 aromatic heterocycles. The Balaban J connectivity index is 2.72. The molecule has 1 N–H and O–H groups in total. The van der Waals surface area contributed by atoms with Crippen molar-refractivity contribution in [1.29, 1.82) is 0 Å².